The van der Waals surface area contributed by atoms with Gasteiger partial charge in [-0.15, -0.1) is 0 Å². The highest BCUT2D eigenvalue weighted by molar-refractivity contribution is 7.90. The molecule has 11 nitrogen and oxygen atoms in total. The first-order valence-corrected chi connectivity index (χ1v) is 23.1. The summed E-state index contributed by atoms with van der Waals surface area (Å²) in [6, 6.07) is 6.56. The maximum absolute atomic E-state index is 12.3. The normalized spacial score (nSPS) is 48.5. The first-order valence-electron chi connectivity index (χ1n) is 21.2. The lowest BCUT2D eigenvalue weighted by Crippen LogP contribution is -2.70. The Bertz CT molecular complexity index is 1730. The van der Waals surface area contributed by atoms with Crippen molar-refractivity contribution in [3.63, 3.8) is 0 Å². The predicted octanol–water partition coefficient (Wildman–Crippen LogP) is 8.23. The van der Waals surface area contributed by atoms with Gasteiger partial charge < -0.3 is 23.7 Å². The molecule has 0 aromatic heterocycles. The van der Waals surface area contributed by atoms with Crippen molar-refractivity contribution in [1.82, 2.24) is 0 Å². The fourth-order valence-corrected chi connectivity index (χ4v) is 13.1. The topological polar surface area (TPSA) is 117 Å². The van der Waals surface area contributed by atoms with Crippen LogP contribution in [0.4, 0.5) is 0 Å². The fraction of sp³-hybridized carbons (Fsp3) is 0.773. The van der Waals surface area contributed by atoms with E-state index < -0.39 is 51.3 Å². The van der Waals surface area contributed by atoms with Crippen LogP contribution in [-0.2, 0) is 48.3 Å². The van der Waals surface area contributed by atoms with E-state index in [1.54, 1.807) is 24.3 Å². The minimum Gasteiger partial charge on any atom is -0.482 e. The standard InChI is InChI=1S/C44H62O11S/c1-24-10-16-34-28(5)36(48-39-43(34)32(24)18-20-41(7,50-39)52-54-43)22-26(3)38(47-30-12-14-31(15-13-30)56(9,45)46)27(4)23-37-29(6)35-17-11-25(2)33-19-21-42(8)51-40(49-37)44(33,35)55-53-42/h12-15,24-25,28-29,32-40H,3-4,10-11,16-23H2,1-2,5-9H3/t24-,25-,28-,29-,32+,33+,34+,35+,36-,37-,38?,39-,40-,41+,42+,43?,44?/m1/s1. The third kappa shape index (κ3) is 6.21. The van der Waals surface area contributed by atoms with Gasteiger partial charge >= 0.3 is 0 Å². The average molecular weight is 799 g/mol. The molecule has 2 aliphatic carbocycles. The van der Waals surface area contributed by atoms with E-state index in [1.807, 2.05) is 13.8 Å². The van der Waals surface area contributed by atoms with E-state index in [1.165, 1.54) is 6.26 Å². The van der Waals surface area contributed by atoms with Gasteiger partial charge in [0, 0.05) is 30.9 Å². The minimum atomic E-state index is -3.38. The van der Waals surface area contributed by atoms with Gasteiger partial charge in [0.05, 0.1) is 17.1 Å². The molecule has 10 fully saturated rings. The van der Waals surface area contributed by atoms with E-state index in [-0.39, 0.29) is 52.6 Å². The number of sulfone groups is 1. The Labute approximate surface area is 332 Å². The molecule has 11 rings (SSSR count). The van der Waals surface area contributed by atoms with Crippen LogP contribution in [0, 0.1) is 47.3 Å². The summed E-state index contributed by atoms with van der Waals surface area (Å²) in [5, 5.41) is 0. The zero-order valence-corrected chi connectivity index (χ0v) is 35.0. The first kappa shape index (κ1) is 39.6. The number of fused-ring (bicyclic) bond motifs is 4. The second kappa shape index (κ2) is 13.8. The summed E-state index contributed by atoms with van der Waals surface area (Å²) < 4.78 is 58.7. The van der Waals surface area contributed by atoms with Gasteiger partial charge in [-0.3, -0.25) is 0 Å². The van der Waals surface area contributed by atoms with Crippen LogP contribution < -0.4 is 4.74 Å². The number of ether oxygens (including phenoxy) is 5. The third-order valence-electron chi connectivity index (χ3n) is 15.8. The number of hydrogen-bond acceptors (Lipinski definition) is 11. The third-order valence-corrected chi connectivity index (χ3v) is 16.9. The molecule has 12 heteroatoms. The number of hydrogen-bond donors (Lipinski definition) is 0. The molecule has 10 aliphatic rings. The molecule has 8 saturated heterocycles. The molecule has 0 radical (unpaired) electrons. The summed E-state index contributed by atoms with van der Waals surface area (Å²) in [6.45, 7) is 22.4. The fourth-order valence-electron chi connectivity index (χ4n) is 12.5. The Morgan fingerprint density at radius 1 is 0.696 bits per heavy atom. The van der Waals surface area contributed by atoms with E-state index in [2.05, 4.69) is 40.9 Å². The zero-order chi connectivity index (χ0) is 39.6. The van der Waals surface area contributed by atoms with Crippen molar-refractivity contribution in [2.75, 3.05) is 6.26 Å². The largest absolute Gasteiger partial charge is 0.482 e. The van der Waals surface area contributed by atoms with Crippen LogP contribution in [0.5, 0.6) is 5.75 Å². The smallest absolute Gasteiger partial charge is 0.201 e. The Balaban J connectivity index is 0.987. The van der Waals surface area contributed by atoms with E-state index in [9.17, 15) is 8.42 Å². The van der Waals surface area contributed by atoms with Crippen molar-refractivity contribution in [3.8, 4) is 5.75 Å². The lowest BCUT2D eigenvalue weighted by molar-refractivity contribution is -0.571. The molecule has 1 aromatic carbocycles. The molecule has 2 saturated carbocycles. The van der Waals surface area contributed by atoms with Crippen LogP contribution in [0.3, 0.4) is 0 Å². The molecule has 2 spiro atoms. The summed E-state index contributed by atoms with van der Waals surface area (Å²) in [6.07, 6.45) is 7.76. The van der Waals surface area contributed by atoms with Gasteiger partial charge in [-0.2, -0.15) is 0 Å². The molecule has 0 N–H and O–H groups in total. The monoisotopic (exact) mass is 798 g/mol. The van der Waals surface area contributed by atoms with Gasteiger partial charge in [-0.05, 0) is 136 Å². The second-order valence-corrected chi connectivity index (χ2v) is 21.4. The molecule has 56 heavy (non-hydrogen) atoms. The van der Waals surface area contributed by atoms with Gasteiger partial charge in [0.25, 0.3) is 0 Å². The predicted molar refractivity (Wildman–Crippen MR) is 205 cm³/mol. The Kier molecular flexibility index (Phi) is 9.78. The zero-order valence-electron chi connectivity index (χ0n) is 34.2. The SMILES string of the molecule is C=C(C[C@H]1O[C@@H]2O[C@]3(C)CC[C@H]4[C@H](C)CC[C@@H]([C@H]1C)C24OO3)C(Oc1ccc(S(C)(=O)=O)cc1)C(=C)C[C@H]1O[C@@H]2O[C@]3(C)CC[C@H]4[C@H](C)CC[C@@H]([C@H]1C)C24OO3. The molecular weight excluding hydrogens is 737 g/mol. The quantitative estimate of drug-likeness (QED) is 0.178. The molecule has 310 valence electrons. The Morgan fingerprint density at radius 3 is 1.57 bits per heavy atom. The minimum absolute atomic E-state index is 0.126. The lowest BCUT2D eigenvalue weighted by Gasteiger charge is -2.60. The van der Waals surface area contributed by atoms with Gasteiger partial charge in [0.1, 0.15) is 11.9 Å². The van der Waals surface area contributed by atoms with Crippen molar-refractivity contribution < 1.29 is 51.7 Å². The molecule has 2 unspecified atom stereocenters. The Morgan fingerprint density at radius 2 is 1.14 bits per heavy atom. The maximum Gasteiger partial charge on any atom is 0.201 e. The van der Waals surface area contributed by atoms with Gasteiger partial charge in [-0.25, -0.2) is 28.0 Å². The van der Waals surface area contributed by atoms with Gasteiger partial charge in [0.2, 0.25) is 11.6 Å². The van der Waals surface area contributed by atoms with Gasteiger partial charge in [-0.1, -0.05) is 40.9 Å². The van der Waals surface area contributed by atoms with Gasteiger partial charge in [0.15, 0.2) is 33.6 Å². The van der Waals surface area contributed by atoms with Crippen LogP contribution in [0.2, 0.25) is 0 Å². The molecule has 8 heterocycles. The van der Waals surface area contributed by atoms with E-state index in [4.69, 9.17) is 43.2 Å². The number of benzene rings is 1. The molecule has 16 atom stereocenters. The van der Waals surface area contributed by atoms with Crippen LogP contribution in [0.15, 0.2) is 53.5 Å². The van der Waals surface area contributed by atoms with Crippen molar-refractivity contribution in [2.45, 2.75) is 164 Å². The molecule has 1 aromatic rings. The van der Waals surface area contributed by atoms with Crippen molar-refractivity contribution in [2.24, 2.45) is 47.3 Å². The highest BCUT2D eigenvalue weighted by atomic mass is 32.2. The van der Waals surface area contributed by atoms with Crippen LogP contribution >= 0.6 is 0 Å². The highest BCUT2D eigenvalue weighted by Gasteiger charge is 2.71. The second-order valence-electron chi connectivity index (χ2n) is 19.4. The summed E-state index contributed by atoms with van der Waals surface area (Å²) in [4.78, 5) is 25.2. The van der Waals surface area contributed by atoms with Crippen molar-refractivity contribution >= 4 is 9.84 Å². The maximum atomic E-state index is 12.3. The van der Waals surface area contributed by atoms with E-state index in [0.717, 1.165) is 62.5 Å². The summed E-state index contributed by atoms with van der Waals surface area (Å²) in [7, 11) is -3.38. The van der Waals surface area contributed by atoms with Crippen LogP contribution in [0.1, 0.15) is 106 Å². The molecule has 4 bridgehead atoms. The molecular formula is C44H62O11S. The Hall–Kier alpha value is -1.87. The molecule has 0 amide bonds. The van der Waals surface area contributed by atoms with Crippen molar-refractivity contribution in [3.05, 3.63) is 48.6 Å². The molecule has 8 aliphatic heterocycles. The van der Waals surface area contributed by atoms with Crippen LogP contribution in [-0.4, -0.2) is 68.3 Å². The highest BCUT2D eigenvalue weighted by Crippen LogP contribution is 2.63. The summed E-state index contributed by atoms with van der Waals surface area (Å²) in [5.41, 5.74) is 0.328. The number of rotatable bonds is 9. The van der Waals surface area contributed by atoms with Crippen molar-refractivity contribution in [1.29, 1.82) is 0 Å². The van der Waals surface area contributed by atoms with Crippen LogP contribution in [0.25, 0.3) is 0 Å². The lowest BCUT2D eigenvalue weighted by atomic mass is 9.57. The van der Waals surface area contributed by atoms with E-state index >= 15 is 0 Å². The first-order chi connectivity index (χ1) is 26.5. The average Bonchev–Trinajstić information content (AvgIpc) is 3.52. The summed E-state index contributed by atoms with van der Waals surface area (Å²) in [5.74, 6) is 0.921. The summed E-state index contributed by atoms with van der Waals surface area (Å²) >= 11 is 0. The van der Waals surface area contributed by atoms with E-state index in [0.29, 0.717) is 30.4 Å².